The standard InChI is InChI=1S/C5H7NO3S2/c6-3-10-5-2-11(8,9)1-4(5)7/h4-5,7H,1-2H2/t4-,5-/m1/s1. The largest absolute Gasteiger partial charge is 0.391 e. The van der Waals surface area contributed by atoms with Crippen molar-refractivity contribution in [1.29, 1.82) is 5.26 Å². The number of nitrogens with zero attached hydrogens (tertiary/aromatic N) is 1. The minimum Gasteiger partial charge on any atom is -0.391 e. The second kappa shape index (κ2) is 3.01. The fourth-order valence-corrected chi connectivity index (χ4v) is 3.99. The van der Waals surface area contributed by atoms with E-state index >= 15 is 0 Å². The number of rotatable bonds is 1. The molecule has 0 aliphatic carbocycles. The van der Waals surface area contributed by atoms with Crippen molar-refractivity contribution in [3.05, 3.63) is 0 Å². The third kappa shape index (κ3) is 2.09. The van der Waals surface area contributed by atoms with Gasteiger partial charge in [-0.15, -0.1) is 0 Å². The van der Waals surface area contributed by atoms with Crippen molar-refractivity contribution in [2.45, 2.75) is 11.4 Å². The average molecular weight is 193 g/mol. The molecular weight excluding hydrogens is 186 g/mol. The van der Waals surface area contributed by atoms with Crippen LogP contribution in [0.15, 0.2) is 0 Å². The first-order valence-electron chi connectivity index (χ1n) is 2.98. The van der Waals surface area contributed by atoms with Crippen molar-refractivity contribution in [2.24, 2.45) is 0 Å². The quantitative estimate of drug-likeness (QED) is 0.560. The van der Waals surface area contributed by atoms with E-state index in [4.69, 9.17) is 10.4 Å². The van der Waals surface area contributed by atoms with Gasteiger partial charge in [0.05, 0.1) is 22.9 Å². The predicted molar refractivity (Wildman–Crippen MR) is 41.7 cm³/mol. The summed E-state index contributed by atoms with van der Waals surface area (Å²) in [4.78, 5) is 0. The number of nitriles is 1. The van der Waals surface area contributed by atoms with Crippen molar-refractivity contribution in [3.63, 3.8) is 0 Å². The number of thiocyanates is 1. The molecule has 0 aromatic rings. The van der Waals surface area contributed by atoms with Crippen LogP contribution in [0.1, 0.15) is 0 Å². The first kappa shape index (κ1) is 8.84. The van der Waals surface area contributed by atoms with Gasteiger partial charge in [0.15, 0.2) is 9.84 Å². The molecular formula is C5H7NO3S2. The van der Waals surface area contributed by atoms with Gasteiger partial charge in [0.1, 0.15) is 5.40 Å². The SMILES string of the molecule is N#CS[C@@H]1CS(=O)(=O)C[C@H]1O. The van der Waals surface area contributed by atoms with Crippen LogP contribution in [-0.2, 0) is 9.84 Å². The Morgan fingerprint density at radius 3 is 2.55 bits per heavy atom. The Morgan fingerprint density at radius 1 is 1.55 bits per heavy atom. The molecule has 1 aliphatic heterocycles. The Morgan fingerprint density at radius 2 is 2.18 bits per heavy atom. The minimum atomic E-state index is -3.09. The van der Waals surface area contributed by atoms with Crippen LogP contribution in [0.2, 0.25) is 0 Å². The zero-order valence-corrected chi connectivity index (χ0v) is 7.23. The molecule has 1 rings (SSSR count). The number of sulfone groups is 1. The second-order valence-electron chi connectivity index (χ2n) is 2.39. The number of aliphatic hydroxyl groups is 1. The summed E-state index contributed by atoms with van der Waals surface area (Å²) in [7, 11) is -3.09. The summed E-state index contributed by atoms with van der Waals surface area (Å²) in [6, 6.07) is 0. The Labute approximate surface area is 69.1 Å². The van der Waals surface area contributed by atoms with E-state index in [1.165, 1.54) is 0 Å². The Hall–Kier alpha value is -0.250. The van der Waals surface area contributed by atoms with Gasteiger partial charge in [-0.25, -0.2) is 8.42 Å². The first-order chi connectivity index (χ1) is 5.05. The highest BCUT2D eigenvalue weighted by Crippen LogP contribution is 2.23. The lowest BCUT2D eigenvalue weighted by Gasteiger charge is -2.04. The van der Waals surface area contributed by atoms with Crippen molar-refractivity contribution in [2.75, 3.05) is 11.5 Å². The van der Waals surface area contributed by atoms with Crippen molar-refractivity contribution in [1.82, 2.24) is 0 Å². The minimum absolute atomic E-state index is 0.0770. The maximum Gasteiger partial charge on any atom is 0.154 e. The Kier molecular flexibility index (Phi) is 2.42. The molecule has 0 aromatic carbocycles. The third-order valence-corrected chi connectivity index (χ3v) is 4.29. The fraction of sp³-hybridized carbons (Fsp3) is 0.800. The molecule has 0 saturated carbocycles. The number of aliphatic hydroxyl groups excluding tert-OH is 1. The fourth-order valence-electron chi connectivity index (χ4n) is 0.977. The molecule has 0 radical (unpaired) electrons. The smallest absolute Gasteiger partial charge is 0.154 e. The van der Waals surface area contributed by atoms with Gasteiger partial charge in [-0.05, 0) is 11.8 Å². The summed E-state index contributed by atoms with van der Waals surface area (Å²) in [6.07, 6.45) is -0.871. The van der Waals surface area contributed by atoms with Gasteiger partial charge in [0, 0.05) is 0 Å². The van der Waals surface area contributed by atoms with E-state index < -0.39 is 21.2 Å². The number of hydrogen-bond acceptors (Lipinski definition) is 5. The molecule has 0 aromatic heterocycles. The lowest BCUT2D eigenvalue weighted by Crippen LogP contribution is -2.19. The summed E-state index contributed by atoms with van der Waals surface area (Å²) in [6.45, 7) is 0. The van der Waals surface area contributed by atoms with E-state index in [2.05, 4.69) is 0 Å². The van der Waals surface area contributed by atoms with E-state index in [9.17, 15) is 8.42 Å². The zero-order chi connectivity index (χ0) is 8.48. The van der Waals surface area contributed by atoms with Gasteiger partial charge in [-0.1, -0.05) is 0 Å². The van der Waals surface area contributed by atoms with Crippen LogP contribution in [0.5, 0.6) is 0 Å². The maximum atomic E-state index is 10.8. The number of hydrogen-bond donors (Lipinski definition) is 1. The van der Waals surface area contributed by atoms with Gasteiger partial charge < -0.3 is 5.11 Å². The van der Waals surface area contributed by atoms with Gasteiger partial charge in [0.25, 0.3) is 0 Å². The molecule has 0 unspecified atom stereocenters. The highest BCUT2D eigenvalue weighted by atomic mass is 32.2. The van der Waals surface area contributed by atoms with Gasteiger partial charge >= 0.3 is 0 Å². The first-order valence-corrected chi connectivity index (χ1v) is 5.68. The van der Waals surface area contributed by atoms with Crippen molar-refractivity contribution in [3.8, 4) is 5.40 Å². The van der Waals surface area contributed by atoms with E-state index in [1.807, 2.05) is 0 Å². The molecule has 6 heteroatoms. The summed E-state index contributed by atoms with van der Waals surface area (Å²) in [5, 5.41) is 18.6. The van der Waals surface area contributed by atoms with Crippen LogP contribution in [0.25, 0.3) is 0 Å². The molecule has 11 heavy (non-hydrogen) atoms. The summed E-state index contributed by atoms with van der Waals surface area (Å²) < 4.78 is 21.7. The van der Waals surface area contributed by atoms with Crippen LogP contribution in [-0.4, -0.2) is 36.4 Å². The molecule has 4 nitrogen and oxygen atoms in total. The zero-order valence-electron chi connectivity index (χ0n) is 5.60. The third-order valence-electron chi connectivity index (χ3n) is 1.48. The maximum absolute atomic E-state index is 10.8. The molecule has 1 saturated heterocycles. The number of thioether (sulfide) groups is 1. The van der Waals surface area contributed by atoms with Crippen LogP contribution >= 0.6 is 11.8 Å². The highest BCUT2D eigenvalue weighted by Gasteiger charge is 2.36. The normalized spacial score (nSPS) is 34.9. The monoisotopic (exact) mass is 193 g/mol. The van der Waals surface area contributed by atoms with Gasteiger partial charge in [-0.3, -0.25) is 0 Å². The molecule has 0 bridgehead atoms. The van der Waals surface area contributed by atoms with Crippen molar-refractivity contribution < 1.29 is 13.5 Å². The van der Waals surface area contributed by atoms with Crippen LogP contribution in [0.4, 0.5) is 0 Å². The van der Waals surface area contributed by atoms with Crippen LogP contribution < -0.4 is 0 Å². The van der Waals surface area contributed by atoms with Crippen LogP contribution in [0, 0.1) is 10.7 Å². The summed E-state index contributed by atoms with van der Waals surface area (Å²) in [5.41, 5.74) is 0. The van der Waals surface area contributed by atoms with Gasteiger partial charge in [-0.2, -0.15) is 5.26 Å². The van der Waals surface area contributed by atoms with Crippen LogP contribution in [0.3, 0.4) is 0 Å². The van der Waals surface area contributed by atoms with E-state index in [1.54, 1.807) is 5.40 Å². The summed E-state index contributed by atoms with van der Waals surface area (Å²) in [5.74, 6) is -0.279. The lowest BCUT2D eigenvalue weighted by atomic mass is 10.3. The van der Waals surface area contributed by atoms with E-state index in [0.29, 0.717) is 0 Å². The predicted octanol–water partition coefficient (Wildman–Crippen LogP) is -0.641. The molecule has 62 valence electrons. The Bertz CT molecular complexity index is 279. The summed E-state index contributed by atoms with van der Waals surface area (Å²) >= 11 is 0.826. The second-order valence-corrected chi connectivity index (χ2v) is 5.57. The molecule has 0 amide bonds. The molecule has 0 spiro atoms. The molecule has 1 fully saturated rings. The van der Waals surface area contributed by atoms with Crippen molar-refractivity contribution >= 4 is 21.6 Å². The molecule has 2 atom stereocenters. The Balaban J connectivity index is 2.68. The topological polar surface area (TPSA) is 78.2 Å². The van der Waals surface area contributed by atoms with E-state index in [-0.39, 0.29) is 11.5 Å². The molecule has 1 aliphatic rings. The van der Waals surface area contributed by atoms with Gasteiger partial charge in [0.2, 0.25) is 0 Å². The average Bonchev–Trinajstić information content (AvgIpc) is 2.07. The molecule has 1 N–H and O–H groups in total. The molecule has 1 heterocycles. The van der Waals surface area contributed by atoms with E-state index in [0.717, 1.165) is 11.8 Å². The lowest BCUT2D eigenvalue weighted by molar-refractivity contribution is 0.208. The highest BCUT2D eigenvalue weighted by molar-refractivity contribution is 8.05.